The highest BCUT2D eigenvalue weighted by Gasteiger charge is 2.36. The number of nitro benzene ring substituents is 1. The fraction of sp³-hybridized carbons (Fsp3) is 0.500. The lowest BCUT2D eigenvalue weighted by molar-refractivity contribution is -0.384. The lowest BCUT2D eigenvalue weighted by Gasteiger charge is -2.29. The molecule has 112 valence electrons. The number of hydrogen-bond acceptors (Lipinski definition) is 4. The van der Waals surface area contributed by atoms with E-state index in [1.165, 1.54) is 24.3 Å². The Morgan fingerprint density at radius 2 is 1.85 bits per heavy atom. The van der Waals surface area contributed by atoms with Gasteiger partial charge < -0.3 is 9.32 Å². The Bertz CT molecular complexity index is 526. The molecule has 0 fully saturated rings. The third-order valence-corrected chi connectivity index (χ3v) is 6.14. The monoisotopic (exact) mass is 317 g/mol. The van der Waals surface area contributed by atoms with Crippen LogP contribution in [-0.4, -0.2) is 24.0 Å². The van der Waals surface area contributed by atoms with E-state index in [0.29, 0.717) is 6.42 Å². The minimum absolute atomic E-state index is 0.104. The van der Waals surface area contributed by atoms with Gasteiger partial charge in [-0.2, -0.15) is 0 Å². The van der Waals surface area contributed by atoms with E-state index in [0.717, 1.165) is 0 Å². The van der Waals surface area contributed by atoms with Crippen LogP contribution >= 0.6 is 7.37 Å². The zero-order valence-corrected chi connectivity index (χ0v) is 14.0. The van der Waals surface area contributed by atoms with E-state index < -0.39 is 26.5 Å². The van der Waals surface area contributed by atoms with Crippen molar-refractivity contribution < 1.29 is 18.8 Å². The second-order valence-electron chi connectivity index (χ2n) is 5.49. The van der Waals surface area contributed by atoms with Crippen LogP contribution in [0, 0.1) is 10.1 Å². The van der Waals surface area contributed by atoms with Gasteiger partial charge >= 0.3 is 0 Å². The Morgan fingerprint density at radius 3 is 2.20 bits per heavy atom. The fourth-order valence-corrected chi connectivity index (χ4v) is 5.67. The van der Waals surface area contributed by atoms with Gasteiger partial charge in [-0.3, -0.25) is 14.7 Å². The van der Waals surface area contributed by atoms with E-state index in [-0.39, 0.29) is 11.0 Å². The van der Waals surface area contributed by atoms with E-state index in [4.69, 9.17) is 4.43 Å². The molecule has 20 heavy (non-hydrogen) atoms. The molecule has 0 aliphatic rings. The predicted octanol–water partition coefficient (Wildman–Crippen LogP) is 3.08. The summed E-state index contributed by atoms with van der Waals surface area (Å²) in [6, 6.07) is 5.13. The zero-order valence-electron chi connectivity index (χ0n) is 12.1. The highest BCUT2D eigenvalue weighted by molar-refractivity contribution is 7.66. The van der Waals surface area contributed by atoms with E-state index in [1.807, 2.05) is 19.6 Å². The van der Waals surface area contributed by atoms with Crippen LogP contribution in [0.1, 0.15) is 13.3 Å². The second-order valence-corrected chi connectivity index (χ2v) is 12.3. The minimum Gasteiger partial charge on any atom is -0.405 e. The van der Waals surface area contributed by atoms with Gasteiger partial charge in [0, 0.05) is 17.4 Å². The summed E-state index contributed by atoms with van der Waals surface area (Å²) in [6.07, 6.45) is 0.412. The van der Waals surface area contributed by atoms with Crippen LogP contribution in [0.3, 0.4) is 0 Å². The first-order valence-corrected chi connectivity index (χ1v) is 11.5. The lowest BCUT2D eigenvalue weighted by Crippen LogP contribution is -2.33. The Kier molecular flexibility index (Phi) is 5.26. The minimum atomic E-state index is -3.71. The van der Waals surface area contributed by atoms with Gasteiger partial charge in [0.15, 0.2) is 8.32 Å². The molecule has 0 spiro atoms. The van der Waals surface area contributed by atoms with Gasteiger partial charge in [0.25, 0.3) is 13.1 Å². The molecular formula is C12H20NO5PSi. The standard InChI is InChI=1S/C12H20NO5PSi/c1-5-12(18-20(2,3)4)19(16,17)11-8-6-10(7-9-11)13(14)15/h6-9,12H,5H2,1-4H3,(H,16,17). The molecule has 0 bridgehead atoms. The average molecular weight is 317 g/mol. The number of non-ortho nitro benzene ring substituents is 1. The smallest absolute Gasteiger partial charge is 0.269 e. The first-order chi connectivity index (χ1) is 9.08. The maximum Gasteiger partial charge on any atom is 0.269 e. The molecule has 2 atom stereocenters. The van der Waals surface area contributed by atoms with Crippen molar-refractivity contribution in [3.8, 4) is 0 Å². The molecule has 0 radical (unpaired) electrons. The summed E-state index contributed by atoms with van der Waals surface area (Å²) in [4.78, 5) is 20.4. The average Bonchev–Trinajstić information content (AvgIpc) is 2.34. The molecule has 6 nitrogen and oxygen atoms in total. The predicted molar refractivity (Wildman–Crippen MR) is 81.1 cm³/mol. The molecule has 8 heteroatoms. The van der Waals surface area contributed by atoms with Gasteiger partial charge in [0.2, 0.25) is 0 Å². The largest absolute Gasteiger partial charge is 0.405 e. The van der Waals surface area contributed by atoms with E-state index in [1.54, 1.807) is 6.92 Å². The van der Waals surface area contributed by atoms with Crippen molar-refractivity contribution in [3.63, 3.8) is 0 Å². The third kappa shape index (κ3) is 4.24. The van der Waals surface area contributed by atoms with Crippen LogP contribution in [0.2, 0.25) is 19.6 Å². The summed E-state index contributed by atoms with van der Waals surface area (Å²) in [7, 11) is -5.66. The molecule has 1 rings (SSSR count). The Hall–Kier alpha value is -1.01. The number of nitro groups is 1. The van der Waals surface area contributed by atoms with Crippen molar-refractivity contribution in [1.29, 1.82) is 0 Å². The van der Waals surface area contributed by atoms with Crippen LogP contribution in [0.4, 0.5) is 5.69 Å². The molecule has 0 aromatic heterocycles. The van der Waals surface area contributed by atoms with E-state index >= 15 is 0 Å². The number of hydrogen-bond donors (Lipinski definition) is 1. The molecule has 2 unspecified atom stereocenters. The summed E-state index contributed by atoms with van der Waals surface area (Å²) in [6.45, 7) is 7.64. The number of benzene rings is 1. The molecule has 1 N–H and O–H groups in total. The number of nitrogens with zero attached hydrogens (tertiary/aromatic N) is 1. The van der Waals surface area contributed by atoms with Gasteiger partial charge in [-0.15, -0.1) is 0 Å². The summed E-state index contributed by atoms with van der Waals surface area (Å²) in [5.74, 6) is -0.768. The zero-order chi connectivity index (χ0) is 15.6. The molecule has 0 heterocycles. The maximum absolute atomic E-state index is 12.6. The van der Waals surface area contributed by atoms with Gasteiger partial charge in [-0.05, 0) is 38.2 Å². The summed E-state index contributed by atoms with van der Waals surface area (Å²) in [5, 5.41) is 10.8. The van der Waals surface area contributed by atoms with Crippen molar-refractivity contribution >= 4 is 26.7 Å². The summed E-state index contributed by atoms with van der Waals surface area (Å²) < 4.78 is 18.4. The van der Waals surface area contributed by atoms with Crippen molar-refractivity contribution in [2.45, 2.75) is 38.8 Å². The Morgan fingerprint density at radius 1 is 1.35 bits per heavy atom. The molecule has 1 aromatic carbocycles. The van der Waals surface area contributed by atoms with Crippen LogP contribution in [-0.2, 0) is 8.99 Å². The quantitative estimate of drug-likeness (QED) is 0.377. The second kappa shape index (κ2) is 6.18. The summed E-state index contributed by atoms with van der Waals surface area (Å²) >= 11 is 0. The van der Waals surface area contributed by atoms with Crippen LogP contribution < -0.4 is 5.30 Å². The van der Waals surface area contributed by atoms with Crippen LogP contribution in [0.5, 0.6) is 0 Å². The molecule has 1 aromatic rings. The molecule has 0 aliphatic carbocycles. The first-order valence-electron chi connectivity index (χ1n) is 6.33. The highest BCUT2D eigenvalue weighted by Crippen LogP contribution is 2.48. The normalized spacial score (nSPS) is 16.4. The maximum atomic E-state index is 12.6. The van der Waals surface area contributed by atoms with Crippen molar-refractivity contribution in [2.75, 3.05) is 0 Å². The first kappa shape index (κ1) is 17.0. The Balaban J connectivity index is 3.07. The number of rotatable bonds is 6. The van der Waals surface area contributed by atoms with E-state index in [2.05, 4.69) is 0 Å². The molecule has 0 amide bonds. The van der Waals surface area contributed by atoms with Crippen LogP contribution in [0.15, 0.2) is 24.3 Å². The van der Waals surface area contributed by atoms with Crippen molar-refractivity contribution in [1.82, 2.24) is 0 Å². The third-order valence-electron chi connectivity index (χ3n) is 2.66. The van der Waals surface area contributed by atoms with Gasteiger partial charge in [0.1, 0.15) is 5.85 Å². The Labute approximate surface area is 119 Å². The SMILES string of the molecule is CCC(O[Si](C)(C)C)P(=O)(O)c1ccc([N+](=O)[O-])cc1. The molecule has 0 aliphatic heterocycles. The van der Waals surface area contributed by atoms with Crippen molar-refractivity contribution in [2.24, 2.45) is 0 Å². The summed E-state index contributed by atoms with van der Waals surface area (Å²) in [5.41, 5.74) is -0.104. The van der Waals surface area contributed by atoms with Gasteiger partial charge in [-0.1, -0.05) is 6.92 Å². The fourth-order valence-electron chi connectivity index (χ4n) is 1.76. The van der Waals surface area contributed by atoms with Gasteiger partial charge in [0.05, 0.1) is 4.92 Å². The van der Waals surface area contributed by atoms with Crippen LogP contribution in [0.25, 0.3) is 0 Å². The van der Waals surface area contributed by atoms with Crippen molar-refractivity contribution in [3.05, 3.63) is 34.4 Å². The van der Waals surface area contributed by atoms with Gasteiger partial charge in [-0.25, -0.2) is 0 Å². The lowest BCUT2D eigenvalue weighted by atomic mass is 10.3. The van der Waals surface area contributed by atoms with E-state index in [9.17, 15) is 19.6 Å². The molecular weight excluding hydrogens is 297 g/mol. The molecule has 0 saturated heterocycles. The molecule has 0 saturated carbocycles. The highest BCUT2D eigenvalue weighted by atomic mass is 31.2. The topological polar surface area (TPSA) is 89.7 Å².